The Balaban J connectivity index is 2.68. The summed E-state index contributed by atoms with van der Waals surface area (Å²) < 4.78 is 42.6. The van der Waals surface area contributed by atoms with Crippen molar-refractivity contribution in [3.8, 4) is 0 Å². The molecule has 0 aromatic carbocycles. The number of nitrogens with one attached hydrogen (secondary N) is 3. The molecule has 0 radical (unpaired) electrons. The van der Waals surface area contributed by atoms with Gasteiger partial charge in [0.1, 0.15) is 11.6 Å². The Morgan fingerprint density at radius 2 is 2.00 bits per heavy atom. The summed E-state index contributed by atoms with van der Waals surface area (Å²) in [7, 11) is 2.92. The SMILES string of the molecule is CNc1cc(NCC(=O)NCCOC)nc(C(F)(F)F)n1. The van der Waals surface area contributed by atoms with Crippen molar-refractivity contribution in [1.82, 2.24) is 15.3 Å². The first-order valence-corrected chi connectivity index (χ1v) is 6.00. The predicted molar refractivity (Wildman–Crippen MR) is 70.0 cm³/mol. The molecule has 1 aromatic rings. The fourth-order valence-electron chi connectivity index (χ4n) is 1.32. The van der Waals surface area contributed by atoms with Gasteiger partial charge in [-0.1, -0.05) is 0 Å². The van der Waals surface area contributed by atoms with Gasteiger partial charge in [0.15, 0.2) is 0 Å². The van der Waals surface area contributed by atoms with Crippen LogP contribution in [-0.4, -0.2) is 49.7 Å². The number of amides is 1. The molecule has 0 aliphatic heterocycles. The molecule has 0 saturated heterocycles. The minimum atomic E-state index is -4.66. The highest BCUT2D eigenvalue weighted by atomic mass is 19.4. The normalized spacial score (nSPS) is 11.1. The van der Waals surface area contributed by atoms with Crippen LogP contribution in [0.25, 0.3) is 0 Å². The molecule has 1 rings (SSSR count). The highest BCUT2D eigenvalue weighted by molar-refractivity contribution is 5.80. The van der Waals surface area contributed by atoms with Gasteiger partial charge >= 0.3 is 6.18 Å². The zero-order valence-corrected chi connectivity index (χ0v) is 11.5. The van der Waals surface area contributed by atoms with Crippen molar-refractivity contribution in [2.75, 3.05) is 44.5 Å². The topological polar surface area (TPSA) is 88.2 Å². The molecule has 1 heterocycles. The van der Waals surface area contributed by atoms with Gasteiger partial charge in [-0.3, -0.25) is 4.79 Å². The molecule has 0 fully saturated rings. The Morgan fingerprint density at radius 1 is 1.33 bits per heavy atom. The van der Waals surface area contributed by atoms with Crippen LogP contribution in [-0.2, 0) is 15.7 Å². The first-order chi connectivity index (χ1) is 9.86. The third kappa shape index (κ3) is 5.81. The van der Waals surface area contributed by atoms with Gasteiger partial charge in [0.05, 0.1) is 13.2 Å². The number of nitrogens with zero attached hydrogens (tertiary/aromatic N) is 2. The van der Waals surface area contributed by atoms with E-state index >= 15 is 0 Å². The summed E-state index contributed by atoms with van der Waals surface area (Å²) in [6, 6.07) is 1.28. The molecule has 7 nitrogen and oxygen atoms in total. The molecule has 3 N–H and O–H groups in total. The summed E-state index contributed by atoms with van der Waals surface area (Å²) in [5.74, 6) is -1.76. The number of anilines is 2. The molecular weight excluding hydrogens is 291 g/mol. The molecule has 0 spiro atoms. The van der Waals surface area contributed by atoms with Crippen LogP contribution < -0.4 is 16.0 Å². The Morgan fingerprint density at radius 3 is 2.57 bits per heavy atom. The molecule has 0 aliphatic carbocycles. The number of carbonyl (C=O) groups excluding carboxylic acids is 1. The summed E-state index contributed by atoms with van der Waals surface area (Å²) in [5, 5.41) is 7.54. The van der Waals surface area contributed by atoms with E-state index in [9.17, 15) is 18.0 Å². The third-order valence-corrected chi connectivity index (χ3v) is 2.29. The van der Waals surface area contributed by atoms with E-state index < -0.39 is 12.0 Å². The monoisotopic (exact) mass is 307 g/mol. The van der Waals surface area contributed by atoms with E-state index in [-0.39, 0.29) is 24.1 Å². The van der Waals surface area contributed by atoms with Gasteiger partial charge in [0.2, 0.25) is 11.7 Å². The van der Waals surface area contributed by atoms with E-state index in [4.69, 9.17) is 4.74 Å². The fourth-order valence-corrected chi connectivity index (χ4v) is 1.32. The number of halogens is 3. The van der Waals surface area contributed by atoms with Crippen molar-refractivity contribution in [2.45, 2.75) is 6.18 Å². The second-order valence-electron chi connectivity index (χ2n) is 3.91. The minimum absolute atomic E-state index is 0.000355. The van der Waals surface area contributed by atoms with E-state index in [1.54, 1.807) is 0 Å². The van der Waals surface area contributed by atoms with Crippen molar-refractivity contribution >= 4 is 17.5 Å². The smallest absolute Gasteiger partial charge is 0.383 e. The van der Waals surface area contributed by atoms with Crippen molar-refractivity contribution in [3.63, 3.8) is 0 Å². The van der Waals surface area contributed by atoms with E-state index in [1.807, 2.05) is 0 Å². The Kier molecular flexibility index (Phi) is 6.15. The van der Waals surface area contributed by atoms with Crippen LogP contribution in [0.15, 0.2) is 6.07 Å². The van der Waals surface area contributed by atoms with Crippen molar-refractivity contribution in [3.05, 3.63) is 11.9 Å². The van der Waals surface area contributed by atoms with Gasteiger partial charge in [-0.2, -0.15) is 13.2 Å². The summed E-state index contributed by atoms with van der Waals surface area (Å²) in [6.45, 7) is 0.457. The first kappa shape index (κ1) is 17.0. The lowest BCUT2D eigenvalue weighted by molar-refractivity contribution is -0.144. The molecular formula is C11H16F3N5O2. The summed E-state index contributed by atoms with van der Waals surface area (Å²) in [5.41, 5.74) is 0. The van der Waals surface area contributed by atoms with Crippen LogP contribution in [0.5, 0.6) is 0 Å². The summed E-state index contributed by atoms with van der Waals surface area (Å²) >= 11 is 0. The maximum Gasteiger partial charge on any atom is 0.451 e. The number of rotatable bonds is 7. The average Bonchev–Trinajstić information content (AvgIpc) is 2.44. The number of methoxy groups -OCH3 is 1. The lowest BCUT2D eigenvalue weighted by Gasteiger charge is -2.11. The third-order valence-electron chi connectivity index (χ3n) is 2.29. The van der Waals surface area contributed by atoms with Gasteiger partial charge in [0.25, 0.3) is 0 Å². The van der Waals surface area contributed by atoms with Crippen LogP contribution >= 0.6 is 0 Å². The van der Waals surface area contributed by atoms with Crippen molar-refractivity contribution in [1.29, 1.82) is 0 Å². The molecule has 0 bridgehead atoms. The van der Waals surface area contributed by atoms with Crippen LogP contribution in [0.3, 0.4) is 0 Å². The highest BCUT2D eigenvalue weighted by Gasteiger charge is 2.35. The maximum absolute atomic E-state index is 12.6. The second-order valence-corrected chi connectivity index (χ2v) is 3.91. The molecule has 118 valence electrons. The standard InChI is InChI=1S/C11H16F3N5O2/c1-15-7-5-8(19-10(18-7)11(12,13)14)17-6-9(20)16-3-4-21-2/h5H,3-4,6H2,1-2H3,(H,16,20)(H2,15,17,18,19). The predicted octanol–water partition coefficient (Wildman–Crippen LogP) is 0.712. The summed E-state index contributed by atoms with van der Waals surface area (Å²) in [6.07, 6.45) is -4.66. The summed E-state index contributed by atoms with van der Waals surface area (Å²) in [4.78, 5) is 18.1. The molecule has 10 heteroatoms. The number of alkyl halides is 3. The molecule has 1 amide bonds. The van der Waals surface area contributed by atoms with Gasteiger partial charge in [-0.05, 0) is 0 Å². The van der Waals surface area contributed by atoms with E-state index in [2.05, 4.69) is 25.9 Å². The van der Waals surface area contributed by atoms with Crippen LogP contribution in [0.2, 0.25) is 0 Å². The van der Waals surface area contributed by atoms with Gasteiger partial charge in [-0.15, -0.1) is 0 Å². The Labute approximate surface area is 119 Å². The van der Waals surface area contributed by atoms with Gasteiger partial charge in [-0.25, -0.2) is 9.97 Å². The molecule has 0 aliphatic rings. The molecule has 1 aromatic heterocycles. The van der Waals surface area contributed by atoms with Crippen molar-refractivity contribution < 1.29 is 22.7 Å². The molecule has 0 unspecified atom stereocenters. The molecule has 0 saturated carbocycles. The van der Waals surface area contributed by atoms with Crippen LogP contribution in [0, 0.1) is 0 Å². The highest BCUT2D eigenvalue weighted by Crippen LogP contribution is 2.28. The van der Waals surface area contributed by atoms with E-state index in [1.165, 1.54) is 20.2 Å². The Bertz CT molecular complexity index is 481. The van der Waals surface area contributed by atoms with E-state index in [0.29, 0.717) is 13.2 Å². The molecule has 21 heavy (non-hydrogen) atoms. The largest absolute Gasteiger partial charge is 0.451 e. The number of hydrogen-bond donors (Lipinski definition) is 3. The zero-order chi connectivity index (χ0) is 15.9. The van der Waals surface area contributed by atoms with E-state index in [0.717, 1.165) is 0 Å². The minimum Gasteiger partial charge on any atom is -0.383 e. The lowest BCUT2D eigenvalue weighted by atomic mass is 10.4. The zero-order valence-electron chi connectivity index (χ0n) is 11.5. The average molecular weight is 307 g/mol. The van der Waals surface area contributed by atoms with Crippen LogP contribution in [0.1, 0.15) is 5.82 Å². The number of ether oxygens (including phenoxy) is 1. The van der Waals surface area contributed by atoms with Crippen molar-refractivity contribution in [2.24, 2.45) is 0 Å². The number of aromatic nitrogens is 2. The lowest BCUT2D eigenvalue weighted by Crippen LogP contribution is -2.32. The molecule has 0 atom stereocenters. The van der Waals surface area contributed by atoms with Gasteiger partial charge < -0.3 is 20.7 Å². The Hall–Kier alpha value is -2.10. The number of hydrogen-bond acceptors (Lipinski definition) is 6. The van der Waals surface area contributed by atoms with Gasteiger partial charge in [0, 0.05) is 26.8 Å². The quantitative estimate of drug-likeness (QED) is 0.643. The number of carbonyl (C=O) groups is 1. The second kappa shape index (κ2) is 7.62. The first-order valence-electron chi connectivity index (χ1n) is 6.00. The van der Waals surface area contributed by atoms with Crippen LogP contribution in [0.4, 0.5) is 24.8 Å². The maximum atomic E-state index is 12.6. The fraction of sp³-hybridized carbons (Fsp3) is 0.545.